The number of thiophene rings is 1. The number of halogens is 1. The highest BCUT2D eigenvalue weighted by Crippen LogP contribution is 2.44. The number of carbonyl (C=O) groups excluding carboxylic acids is 2. The zero-order valence-corrected chi connectivity index (χ0v) is 20.6. The summed E-state index contributed by atoms with van der Waals surface area (Å²) in [5.41, 5.74) is 5.79. The Morgan fingerprint density at radius 2 is 1.94 bits per heavy atom. The number of hydrogen-bond donors (Lipinski definition) is 1. The molecule has 3 aromatic rings. The molecule has 8 heteroatoms. The predicted octanol–water partition coefficient (Wildman–Crippen LogP) is 4.77. The van der Waals surface area contributed by atoms with Crippen LogP contribution in [-0.4, -0.2) is 47.4 Å². The minimum absolute atomic E-state index is 0.0868. The Kier molecular flexibility index (Phi) is 5.79. The van der Waals surface area contributed by atoms with Gasteiger partial charge in [0.15, 0.2) is 0 Å². The van der Waals surface area contributed by atoms with Gasteiger partial charge >= 0.3 is 0 Å². The third kappa shape index (κ3) is 3.89. The zero-order chi connectivity index (χ0) is 23.2. The van der Waals surface area contributed by atoms with Gasteiger partial charge in [-0.15, -0.1) is 11.3 Å². The van der Waals surface area contributed by atoms with Crippen molar-refractivity contribution in [1.29, 1.82) is 0 Å². The van der Waals surface area contributed by atoms with Crippen molar-refractivity contribution in [3.05, 3.63) is 45.9 Å². The number of benzene rings is 1. The lowest BCUT2D eigenvalue weighted by atomic mass is 9.91. The van der Waals surface area contributed by atoms with E-state index in [0.29, 0.717) is 25.4 Å². The molecule has 6 nitrogen and oxygen atoms in total. The monoisotopic (exact) mass is 494 g/mol. The van der Waals surface area contributed by atoms with Crippen LogP contribution in [0.2, 0.25) is 5.02 Å². The lowest BCUT2D eigenvalue weighted by Crippen LogP contribution is -2.48. The van der Waals surface area contributed by atoms with Crippen molar-refractivity contribution in [3.8, 4) is 11.1 Å². The Morgan fingerprint density at radius 1 is 1.09 bits per heavy atom. The number of carbonyl (C=O) groups is 2. The molecule has 0 spiro atoms. The lowest BCUT2D eigenvalue weighted by molar-refractivity contribution is -0.138. The molecule has 1 atom stereocenters. The number of nitrogens with zero attached hydrogens (tertiary/aromatic N) is 3. The quantitative estimate of drug-likeness (QED) is 0.529. The molecule has 3 aliphatic heterocycles. The Hall–Kier alpha value is -2.48. The van der Waals surface area contributed by atoms with Crippen molar-refractivity contribution in [2.45, 2.75) is 51.1 Å². The van der Waals surface area contributed by atoms with Crippen molar-refractivity contribution in [2.24, 2.45) is 0 Å². The number of imide groups is 1. The van der Waals surface area contributed by atoms with E-state index in [4.69, 9.17) is 11.6 Å². The second-order valence-corrected chi connectivity index (χ2v) is 11.0. The summed E-state index contributed by atoms with van der Waals surface area (Å²) in [6.45, 7) is 3.48. The number of rotatable bonds is 4. The van der Waals surface area contributed by atoms with Crippen molar-refractivity contribution in [3.63, 3.8) is 0 Å². The van der Waals surface area contributed by atoms with Crippen LogP contribution >= 0.6 is 22.9 Å². The fourth-order valence-electron chi connectivity index (χ4n) is 5.64. The average molecular weight is 495 g/mol. The Morgan fingerprint density at radius 3 is 2.74 bits per heavy atom. The van der Waals surface area contributed by atoms with Crippen LogP contribution in [0.25, 0.3) is 21.3 Å². The van der Waals surface area contributed by atoms with Crippen LogP contribution in [0, 0.1) is 0 Å². The van der Waals surface area contributed by atoms with E-state index >= 15 is 0 Å². The van der Waals surface area contributed by atoms with Gasteiger partial charge < -0.3 is 10.2 Å². The molecule has 2 amide bonds. The molecule has 0 aliphatic carbocycles. The number of likely N-dealkylation sites (tertiary alicyclic amines) is 1. The van der Waals surface area contributed by atoms with Crippen LogP contribution < -0.4 is 10.2 Å². The summed E-state index contributed by atoms with van der Waals surface area (Å²) in [5, 5.41) is 4.33. The maximum atomic E-state index is 12.1. The van der Waals surface area contributed by atoms with Crippen molar-refractivity contribution < 1.29 is 9.59 Å². The van der Waals surface area contributed by atoms with E-state index in [1.165, 1.54) is 29.0 Å². The van der Waals surface area contributed by atoms with Gasteiger partial charge in [0.05, 0.1) is 16.8 Å². The SMILES string of the molecule is O=C1CCC(=O)N1Cc1cc2nccc(-c3cc(Cl)cc4c3N(C3CCCNC3)CCC4)c2s1. The van der Waals surface area contributed by atoms with Gasteiger partial charge in [-0.25, -0.2) is 0 Å². The number of nitrogens with one attached hydrogen (secondary N) is 1. The molecule has 2 aromatic heterocycles. The van der Waals surface area contributed by atoms with Gasteiger partial charge in [-0.2, -0.15) is 0 Å². The molecular weight excluding hydrogens is 468 g/mol. The molecule has 1 aromatic carbocycles. The third-order valence-electron chi connectivity index (χ3n) is 7.22. The van der Waals surface area contributed by atoms with E-state index in [9.17, 15) is 9.59 Å². The van der Waals surface area contributed by atoms with Gasteiger partial charge in [0.1, 0.15) is 0 Å². The fourth-order valence-corrected chi connectivity index (χ4v) is 7.01. The van der Waals surface area contributed by atoms with Crippen LogP contribution in [0.5, 0.6) is 0 Å². The summed E-state index contributed by atoms with van der Waals surface area (Å²) in [5.74, 6) is -0.174. The number of fused-ring (bicyclic) bond motifs is 2. The van der Waals surface area contributed by atoms with Gasteiger partial charge in [-0.1, -0.05) is 11.6 Å². The van der Waals surface area contributed by atoms with E-state index in [1.54, 1.807) is 11.3 Å². The van der Waals surface area contributed by atoms with Gasteiger partial charge in [0, 0.05) is 64.9 Å². The molecule has 2 saturated heterocycles. The summed E-state index contributed by atoms with van der Waals surface area (Å²) < 4.78 is 1.08. The number of anilines is 1. The number of pyridine rings is 1. The molecular formula is C26H27ClN4O2S. The molecule has 176 valence electrons. The largest absolute Gasteiger partial charge is 0.367 e. The number of piperidine rings is 1. The highest BCUT2D eigenvalue weighted by Gasteiger charge is 2.31. The highest BCUT2D eigenvalue weighted by atomic mass is 35.5. The molecule has 2 fully saturated rings. The molecule has 5 heterocycles. The van der Waals surface area contributed by atoms with E-state index < -0.39 is 0 Å². The minimum atomic E-state index is -0.0868. The predicted molar refractivity (Wildman–Crippen MR) is 136 cm³/mol. The van der Waals surface area contributed by atoms with Gasteiger partial charge in [-0.3, -0.25) is 19.5 Å². The van der Waals surface area contributed by atoms with E-state index in [-0.39, 0.29) is 11.8 Å². The summed E-state index contributed by atoms with van der Waals surface area (Å²) >= 11 is 8.26. The van der Waals surface area contributed by atoms with Crippen LogP contribution in [0.4, 0.5) is 5.69 Å². The second-order valence-electron chi connectivity index (χ2n) is 9.42. The van der Waals surface area contributed by atoms with Crippen LogP contribution in [0.15, 0.2) is 30.5 Å². The van der Waals surface area contributed by atoms with Crippen LogP contribution in [-0.2, 0) is 22.6 Å². The van der Waals surface area contributed by atoms with Crippen LogP contribution in [0.3, 0.4) is 0 Å². The molecule has 0 saturated carbocycles. The van der Waals surface area contributed by atoms with Gasteiger partial charge in [0.2, 0.25) is 11.8 Å². The van der Waals surface area contributed by atoms with Crippen molar-refractivity contribution in [1.82, 2.24) is 15.2 Å². The molecule has 3 aliphatic rings. The van der Waals surface area contributed by atoms with Crippen molar-refractivity contribution in [2.75, 3.05) is 24.5 Å². The number of aryl methyl sites for hydroxylation is 1. The summed E-state index contributed by atoms with van der Waals surface area (Å²) in [7, 11) is 0. The standard InChI is InChI=1S/C26H27ClN4O2S/c27-17-11-16-3-2-10-30(18-4-1-8-28-14-18)25(16)21(12-17)20-7-9-29-22-13-19(34-26(20)22)15-31-23(32)5-6-24(31)33/h7,9,11-13,18,28H,1-6,8,10,14-15H2. The Balaban J connectivity index is 1.45. The zero-order valence-electron chi connectivity index (χ0n) is 19.0. The molecule has 6 rings (SSSR count). The first-order valence-electron chi connectivity index (χ1n) is 12.1. The van der Waals surface area contributed by atoms with Crippen LogP contribution in [0.1, 0.15) is 42.5 Å². The first kappa shape index (κ1) is 22.0. The average Bonchev–Trinajstić information content (AvgIpc) is 3.41. The van der Waals surface area contributed by atoms with E-state index in [1.807, 2.05) is 12.3 Å². The molecule has 34 heavy (non-hydrogen) atoms. The van der Waals surface area contributed by atoms with E-state index in [0.717, 1.165) is 63.7 Å². The van der Waals surface area contributed by atoms with Gasteiger partial charge in [0.25, 0.3) is 0 Å². The summed E-state index contributed by atoms with van der Waals surface area (Å²) in [6.07, 6.45) is 7.03. The number of amides is 2. The first-order valence-corrected chi connectivity index (χ1v) is 13.3. The molecule has 1 unspecified atom stereocenters. The normalized spacial score (nSPS) is 20.9. The highest BCUT2D eigenvalue weighted by molar-refractivity contribution is 7.19. The first-order chi connectivity index (χ1) is 16.6. The maximum absolute atomic E-state index is 12.1. The molecule has 1 N–H and O–H groups in total. The Labute approximate surface area is 207 Å². The lowest BCUT2D eigenvalue weighted by Gasteiger charge is -2.41. The number of aromatic nitrogens is 1. The second kappa shape index (κ2) is 8.95. The van der Waals surface area contributed by atoms with Crippen molar-refractivity contribution >= 4 is 50.7 Å². The molecule has 0 bridgehead atoms. The summed E-state index contributed by atoms with van der Waals surface area (Å²) in [6, 6.07) is 8.80. The minimum Gasteiger partial charge on any atom is -0.367 e. The fraction of sp³-hybridized carbons (Fsp3) is 0.423. The summed E-state index contributed by atoms with van der Waals surface area (Å²) in [4.78, 5) is 33.9. The topological polar surface area (TPSA) is 65.5 Å². The van der Waals surface area contributed by atoms with E-state index in [2.05, 4.69) is 33.4 Å². The smallest absolute Gasteiger partial charge is 0.230 e. The van der Waals surface area contributed by atoms with Gasteiger partial charge in [-0.05, 0) is 62.1 Å². The Bertz CT molecular complexity index is 1270. The number of hydrogen-bond acceptors (Lipinski definition) is 6. The maximum Gasteiger partial charge on any atom is 0.230 e. The molecule has 0 radical (unpaired) electrons. The third-order valence-corrected chi connectivity index (χ3v) is 8.58.